The van der Waals surface area contributed by atoms with Gasteiger partial charge in [0.15, 0.2) is 0 Å². The lowest BCUT2D eigenvalue weighted by Gasteiger charge is -2.43. The molecule has 0 amide bonds. The third kappa shape index (κ3) is 4.07. The summed E-state index contributed by atoms with van der Waals surface area (Å²) in [5, 5.41) is 0. The van der Waals surface area contributed by atoms with E-state index in [9.17, 15) is 0 Å². The Balaban J connectivity index is 1.30. The quantitative estimate of drug-likeness (QED) is 0.615. The van der Waals surface area contributed by atoms with Crippen molar-refractivity contribution in [2.45, 2.75) is 114 Å². The van der Waals surface area contributed by atoms with Gasteiger partial charge in [-0.15, -0.1) is 0 Å². The first kappa shape index (κ1) is 21.2. The van der Waals surface area contributed by atoms with E-state index >= 15 is 0 Å². The predicted octanol–water partition coefficient (Wildman–Crippen LogP) is 5.16. The molecule has 3 fully saturated rings. The van der Waals surface area contributed by atoms with Gasteiger partial charge in [0.05, 0.1) is 0 Å². The van der Waals surface area contributed by atoms with E-state index in [0.29, 0.717) is 12.0 Å². The molecule has 1 heterocycles. The van der Waals surface area contributed by atoms with E-state index in [-0.39, 0.29) is 0 Å². The highest BCUT2D eigenvalue weighted by molar-refractivity contribution is 5.16. The second-order valence-corrected chi connectivity index (χ2v) is 11.2. The van der Waals surface area contributed by atoms with E-state index in [1.54, 1.807) is 5.57 Å². The third-order valence-corrected chi connectivity index (χ3v) is 9.69. The van der Waals surface area contributed by atoms with Crippen molar-refractivity contribution in [2.75, 3.05) is 6.54 Å². The number of rotatable bonds is 5. The summed E-state index contributed by atoms with van der Waals surface area (Å²) in [5.74, 6) is 3.45. The minimum absolute atomic E-state index is 0.305. The van der Waals surface area contributed by atoms with Gasteiger partial charge in [-0.3, -0.25) is 4.90 Å². The maximum atomic E-state index is 6.51. The van der Waals surface area contributed by atoms with Crippen LogP contribution in [0.25, 0.3) is 0 Å². The highest BCUT2D eigenvalue weighted by atomic mass is 15.3. The first-order valence-electron chi connectivity index (χ1n) is 13.3. The van der Waals surface area contributed by atoms with E-state index in [0.717, 1.165) is 48.8 Å². The Morgan fingerprint density at radius 3 is 2.63 bits per heavy atom. The third-order valence-electron chi connectivity index (χ3n) is 9.69. The molecule has 0 aromatic rings. The lowest BCUT2D eigenvalue weighted by Crippen LogP contribution is -2.47. The Bertz CT molecular complexity index is 640. The lowest BCUT2D eigenvalue weighted by atomic mass is 9.67. The minimum Gasteiger partial charge on any atom is -0.330 e. The first-order chi connectivity index (χ1) is 14.8. The number of allylic oxidation sites excluding steroid dienone is 3. The molecular weight excluding hydrogens is 366 g/mol. The molecule has 4 aliphatic carbocycles. The maximum absolute atomic E-state index is 6.51. The molecule has 1 saturated heterocycles. The second kappa shape index (κ2) is 9.46. The highest BCUT2D eigenvalue weighted by Crippen LogP contribution is 2.53. The summed E-state index contributed by atoms with van der Waals surface area (Å²) >= 11 is 0. The molecule has 30 heavy (non-hydrogen) atoms. The first-order valence-corrected chi connectivity index (χ1v) is 13.3. The predicted molar refractivity (Wildman–Crippen MR) is 126 cm³/mol. The van der Waals surface area contributed by atoms with E-state index in [2.05, 4.69) is 23.1 Å². The van der Waals surface area contributed by atoms with Crippen molar-refractivity contribution < 1.29 is 0 Å². The number of fused-ring (bicyclic) bond motifs is 3. The summed E-state index contributed by atoms with van der Waals surface area (Å²) in [7, 11) is 0. The van der Waals surface area contributed by atoms with Crippen molar-refractivity contribution >= 4 is 0 Å². The monoisotopic (exact) mass is 411 g/mol. The molecule has 2 saturated carbocycles. The van der Waals surface area contributed by atoms with E-state index in [1.807, 2.05) is 0 Å². The molecule has 8 atom stereocenters. The van der Waals surface area contributed by atoms with Crippen molar-refractivity contribution in [2.24, 2.45) is 35.1 Å². The Hall–Kier alpha value is -0.640. The molecule has 0 aromatic carbocycles. The zero-order valence-electron chi connectivity index (χ0n) is 19.1. The van der Waals surface area contributed by atoms with Gasteiger partial charge in [-0.05, 0) is 107 Å². The molecule has 4 N–H and O–H groups in total. The summed E-state index contributed by atoms with van der Waals surface area (Å²) in [6, 6.07) is 2.92. The molecule has 168 valence electrons. The zero-order valence-corrected chi connectivity index (χ0v) is 19.1. The van der Waals surface area contributed by atoms with Crippen LogP contribution >= 0.6 is 0 Å². The van der Waals surface area contributed by atoms with Crippen molar-refractivity contribution in [3.8, 4) is 0 Å². The van der Waals surface area contributed by atoms with Crippen molar-refractivity contribution in [3.05, 3.63) is 23.8 Å². The van der Waals surface area contributed by atoms with Gasteiger partial charge in [0.25, 0.3) is 0 Å². The Morgan fingerprint density at radius 1 is 0.933 bits per heavy atom. The second-order valence-electron chi connectivity index (χ2n) is 11.2. The van der Waals surface area contributed by atoms with Gasteiger partial charge in [-0.1, -0.05) is 36.6 Å². The average molecular weight is 412 g/mol. The number of nitrogens with zero attached hydrogens (tertiary/aromatic N) is 1. The van der Waals surface area contributed by atoms with Gasteiger partial charge in [-0.2, -0.15) is 0 Å². The van der Waals surface area contributed by atoms with Gasteiger partial charge in [0.1, 0.15) is 0 Å². The molecule has 0 aromatic heterocycles. The van der Waals surface area contributed by atoms with Crippen LogP contribution in [0.2, 0.25) is 0 Å². The van der Waals surface area contributed by atoms with Crippen LogP contribution in [-0.4, -0.2) is 35.6 Å². The van der Waals surface area contributed by atoms with Crippen molar-refractivity contribution in [3.63, 3.8) is 0 Å². The molecule has 3 heteroatoms. The van der Waals surface area contributed by atoms with Crippen LogP contribution in [0.3, 0.4) is 0 Å². The van der Waals surface area contributed by atoms with Crippen molar-refractivity contribution in [1.29, 1.82) is 0 Å². The fraction of sp³-hybridized carbons (Fsp3) is 0.852. The largest absolute Gasteiger partial charge is 0.330 e. The Morgan fingerprint density at radius 2 is 1.80 bits per heavy atom. The fourth-order valence-corrected chi connectivity index (χ4v) is 8.30. The Labute approximate surface area is 184 Å². The zero-order chi connectivity index (χ0) is 20.5. The molecule has 0 spiro atoms. The minimum atomic E-state index is 0.305. The molecular formula is C27H45N3. The lowest BCUT2D eigenvalue weighted by molar-refractivity contribution is 0.0756. The smallest absolute Gasteiger partial charge is 0.0139 e. The highest BCUT2D eigenvalue weighted by Gasteiger charge is 2.53. The number of hydrogen-bond acceptors (Lipinski definition) is 3. The van der Waals surface area contributed by atoms with E-state index in [1.165, 1.54) is 83.5 Å². The SMILES string of the molecule is NCCC(N)C1CCC=C(C2CCC3C(C2)C2CCCCC2N3C2CC=CCC2)C1. The van der Waals surface area contributed by atoms with Crippen LogP contribution in [0.1, 0.15) is 89.9 Å². The van der Waals surface area contributed by atoms with Crippen LogP contribution in [0, 0.1) is 23.7 Å². The van der Waals surface area contributed by atoms with Gasteiger partial charge < -0.3 is 11.5 Å². The molecule has 5 aliphatic rings. The molecule has 5 rings (SSSR count). The number of nitrogens with two attached hydrogens (primary N) is 2. The van der Waals surface area contributed by atoms with Gasteiger partial charge in [0, 0.05) is 24.2 Å². The maximum Gasteiger partial charge on any atom is 0.0139 e. The van der Waals surface area contributed by atoms with Crippen molar-refractivity contribution in [1.82, 2.24) is 4.90 Å². The van der Waals surface area contributed by atoms with E-state index < -0.39 is 0 Å². The topological polar surface area (TPSA) is 55.3 Å². The molecule has 3 nitrogen and oxygen atoms in total. The molecule has 0 bridgehead atoms. The van der Waals surface area contributed by atoms with Gasteiger partial charge in [0.2, 0.25) is 0 Å². The number of likely N-dealkylation sites (tertiary alicyclic amines) is 1. The summed E-state index contributed by atoms with van der Waals surface area (Å²) in [4.78, 5) is 3.10. The summed E-state index contributed by atoms with van der Waals surface area (Å²) < 4.78 is 0. The fourth-order valence-electron chi connectivity index (χ4n) is 8.30. The van der Waals surface area contributed by atoms with Crippen LogP contribution in [0.15, 0.2) is 23.8 Å². The molecule has 1 aliphatic heterocycles. The van der Waals surface area contributed by atoms with Crippen LogP contribution < -0.4 is 11.5 Å². The van der Waals surface area contributed by atoms with E-state index in [4.69, 9.17) is 11.5 Å². The van der Waals surface area contributed by atoms with Crippen LogP contribution in [-0.2, 0) is 0 Å². The molecule has 0 radical (unpaired) electrons. The normalized spacial score (nSPS) is 43.0. The number of hydrogen-bond donors (Lipinski definition) is 2. The summed E-state index contributed by atoms with van der Waals surface area (Å²) in [6.45, 7) is 0.735. The molecule has 8 unspecified atom stereocenters. The van der Waals surface area contributed by atoms with Gasteiger partial charge in [-0.25, -0.2) is 0 Å². The summed E-state index contributed by atoms with van der Waals surface area (Å²) in [5.41, 5.74) is 14.1. The summed E-state index contributed by atoms with van der Waals surface area (Å²) in [6.07, 6.45) is 26.5. The Kier molecular flexibility index (Phi) is 6.69. The average Bonchev–Trinajstić information content (AvgIpc) is 3.13. The van der Waals surface area contributed by atoms with Gasteiger partial charge >= 0.3 is 0 Å². The van der Waals surface area contributed by atoms with Crippen LogP contribution in [0.4, 0.5) is 0 Å². The standard InChI is InChI=1S/C27H45N3/c28-16-15-25(29)21-8-6-7-19(17-21)20-13-14-27-24(18-20)23-11-4-5-12-26(23)30(27)22-9-2-1-3-10-22/h1-2,7,20-27H,3-6,8-18,28-29H2. The van der Waals surface area contributed by atoms with Crippen LogP contribution in [0.5, 0.6) is 0 Å².